The summed E-state index contributed by atoms with van der Waals surface area (Å²) < 4.78 is 5.84. The molecule has 4 nitrogen and oxygen atoms in total. The SMILES string of the molecule is CCC(C(=O)O)C1OCCc2c1[nH]c1c(C(C)C)cccc21. The number of fused-ring (bicyclic) bond motifs is 3. The standard InChI is InChI=1S/C18H23NO3/c1-4-11(18(20)21)17-16-14(8-9-22-17)13-7-5-6-12(10(2)3)15(13)19-16/h5-7,10-11,17,19H,4,8-9H2,1-3H3,(H,20,21). The third-order valence-corrected chi connectivity index (χ3v) is 4.69. The van der Waals surface area contributed by atoms with E-state index in [1.54, 1.807) is 0 Å². The molecule has 0 saturated carbocycles. The van der Waals surface area contributed by atoms with Crippen molar-refractivity contribution in [2.75, 3.05) is 6.61 Å². The Labute approximate surface area is 130 Å². The number of benzene rings is 1. The Balaban J connectivity index is 2.17. The van der Waals surface area contributed by atoms with Gasteiger partial charge in [-0.15, -0.1) is 0 Å². The molecule has 3 rings (SSSR count). The number of nitrogens with one attached hydrogen (secondary N) is 1. The van der Waals surface area contributed by atoms with E-state index in [9.17, 15) is 9.90 Å². The highest BCUT2D eigenvalue weighted by Crippen LogP contribution is 2.39. The summed E-state index contributed by atoms with van der Waals surface area (Å²) in [6, 6.07) is 6.35. The highest BCUT2D eigenvalue weighted by Gasteiger charge is 2.35. The second-order valence-corrected chi connectivity index (χ2v) is 6.34. The van der Waals surface area contributed by atoms with Crippen molar-refractivity contribution in [1.82, 2.24) is 4.98 Å². The van der Waals surface area contributed by atoms with Crippen molar-refractivity contribution in [3.05, 3.63) is 35.0 Å². The van der Waals surface area contributed by atoms with Crippen molar-refractivity contribution < 1.29 is 14.6 Å². The lowest BCUT2D eigenvalue weighted by atomic mass is 9.91. The molecule has 2 N–H and O–H groups in total. The molecule has 4 heteroatoms. The van der Waals surface area contributed by atoms with E-state index in [-0.39, 0.29) is 6.10 Å². The highest BCUT2D eigenvalue weighted by atomic mass is 16.5. The molecule has 2 atom stereocenters. The largest absolute Gasteiger partial charge is 0.481 e. The van der Waals surface area contributed by atoms with Crippen LogP contribution in [0.15, 0.2) is 18.2 Å². The fraction of sp³-hybridized carbons (Fsp3) is 0.500. The third kappa shape index (κ3) is 2.31. The average molecular weight is 301 g/mol. The lowest BCUT2D eigenvalue weighted by Crippen LogP contribution is -2.28. The van der Waals surface area contributed by atoms with Crippen LogP contribution in [0.4, 0.5) is 0 Å². The number of aromatic amines is 1. The molecule has 0 amide bonds. The van der Waals surface area contributed by atoms with Crippen molar-refractivity contribution in [2.24, 2.45) is 5.92 Å². The van der Waals surface area contributed by atoms with Crippen molar-refractivity contribution in [1.29, 1.82) is 0 Å². The van der Waals surface area contributed by atoms with E-state index >= 15 is 0 Å². The van der Waals surface area contributed by atoms with Gasteiger partial charge in [-0.25, -0.2) is 0 Å². The normalized spacial score (nSPS) is 19.4. The molecule has 1 aliphatic rings. The summed E-state index contributed by atoms with van der Waals surface area (Å²) in [6.07, 6.45) is 1.02. The predicted molar refractivity (Wildman–Crippen MR) is 86.2 cm³/mol. The minimum absolute atomic E-state index is 0.376. The summed E-state index contributed by atoms with van der Waals surface area (Å²) in [6.45, 7) is 6.84. The number of carboxylic acid groups (broad SMARTS) is 1. The van der Waals surface area contributed by atoms with Crippen LogP contribution in [0.1, 0.15) is 56.0 Å². The lowest BCUT2D eigenvalue weighted by Gasteiger charge is -2.27. The van der Waals surface area contributed by atoms with Gasteiger partial charge in [0.15, 0.2) is 0 Å². The molecular formula is C18H23NO3. The van der Waals surface area contributed by atoms with Gasteiger partial charge < -0.3 is 14.8 Å². The Hall–Kier alpha value is -1.81. The molecule has 0 radical (unpaired) electrons. The second-order valence-electron chi connectivity index (χ2n) is 6.34. The van der Waals surface area contributed by atoms with Gasteiger partial charge in [-0.1, -0.05) is 39.0 Å². The van der Waals surface area contributed by atoms with Crippen LogP contribution in [0.2, 0.25) is 0 Å². The molecule has 2 heterocycles. The molecule has 1 aromatic carbocycles. The van der Waals surface area contributed by atoms with Crippen LogP contribution in [0, 0.1) is 5.92 Å². The minimum Gasteiger partial charge on any atom is -0.481 e. The van der Waals surface area contributed by atoms with E-state index < -0.39 is 11.9 Å². The molecule has 1 aliphatic heterocycles. The highest BCUT2D eigenvalue weighted by molar-refractivity contribution is 5.88. The van der Waals surface area contributed by atoms with E-state index in [0.717, 1.165) is 17.6 Å². The molecule has 0 bridgehead atoms. The van der Waals surface area contributed by atoms with Crippen LogP contribution in [0.3, 0.4) is 0 Å². The van der Waals surface area contributed by atoms with Crippen LogP contribution < -0.4 is 0 Å². The molecule has 0 aliphatic carbocycles. The summed E-state index contributed by atoms with van der Waals surface area (Å²) in [4.78, 5) is 15.0. The van der Waals surface area contributed by atoms with Gasteiger partial charge in [0, 0.05) is 16.6 Å². The number of aliphatic carboxylic acids is 1. The Bertz CT molecular complexity index is 702. The van der Waals surface area contributed by atoms with Crippen molar-refractivity contribution in [3.63, 3.8) is 0 Å². The van der Waals surface area contributed by atoms with Gasteiger partial charge in [0.25, 0.3) is 0 Å². The van der Waals surface area contributed by atoms with Crippen LogP contribution in [0.25, 0.3) is 10.9 Å². The number of rotatable bonds is 4. The van der Waals surface area contributed by atoms with Gasteiger partial charge in [-0.3, -0.25) is 4.79 Å². The topological polar surface area (TPSA) is 62.3 Å². The van der Waals surface area contributed by atoms with Gasteiger partial charge in [0.05, 0.1) is 12.5 Å². The van der Waals surface area contributed by atoms with Gasteiger partial charge in [0.1, 0.15) is 6.10 Å². The smallest absolute Gasteiger partial charge is 0.309 e. The fourth-order valence-electron chi connectivity index (χ4n) is 3.52. The van der Waals surface area contributed by atoms with Crippen LogP contribution in [-0.2, 0) is 16.0 Å². The summed E-state index contributed by atoms with van der Waals surface area (Å²) in [5, 5.41) is 10.7. The van der Waals surface area contributed by atoms with E-state index in [1.165, 1.54) is 16.5 Å². The molecule has 0 saturated heterocycles. The number of carboxylic acids is 1. The minimum atomic E-state index is -0.789. The molecule has 22 heavy (non-hydrogen) atoms. The second kappa shape index (κ2) is 5.76. The summed E-state index contributed by atoms with van der Waals surface area (Å²) in [5.74, 6) is -0.873. The average Bonchev–Trinajstić information content (AvgIpc) is 2.87. The first kappa shape index (κ1) is 15.1. The predicted octanol–water partition coefficient (Wildman–Crippen LogP) is 4.02. The van der Waals surface area contributed by atoms with E-state index in [2.05, 4.69) is 37.0 Å². The molecule has 2 unspecified atom stereocenters. The summed E-state index contributed by atoms with van der Waals surface area (Å²) in [5.41, 5.74) is 4.60. The van der Waals surface area contributed by atoms with E-state index in [0.29, 0.717) is 18.9 Å². The lowest BCUT2D eigenvalue weighted by molar-refractivity contribution is -0.148. The van der Waals surface area contributed by atoms with Crippen LogP contribution in [0.5, 0.6) is 0 Å². The van der Waals surface area contributed by atoms with Crippen molar-refractivity contribution in [3.8, 4) is 0 Å². The molecular weight excluding hydrogens is 278 g/mol. The number of carbonyl (C=O) groups is 1. The molecule has 118 valence electrons. The summed E-state index contributed by atoms with van der Waals surface area (Å²) in [7, 11) is 0. The van der Waals surface area contributed by atoms with Gasteiger partial charge in [-0.05, 0) is 29.9 Å². The maximum atomic E-state index is 11.5. The quantitative estimate of drug-likeness (QED) is 0.896. The Morgan fingerprint density at radius 2 is 2.23 bits per heavy atom. The Kier molecular flexibility index (Phi) is 3.96. The number of aromatic nitrogens is 1. The van der Waals surface area contributed by atoms with Gasteiger partial charge >= 0.3 is 5.97 Å². The number of para-hydroxylation sites is 1. The first-order chi connectivity index (χ1) is 10.5. The first-order valence-electron chi connectivity index (χ1n) is 8.02. The molecule has 0 spiro atoms. The Morgan fingerprint density at radius 1 is 1.45 bits per heavy atom. The van der Waals surface area contributed by atoms with E-state index in [4.69, 9.17) is 4.74 Å². The number of hydrogen-bond acceptors (Lipinski definition) is 2. The third-order valence-electron chi connectivity index (χ3n) is 4.69. The number of ether oxygens (including phenoxy) is 1. The first-order valence-corrected chi connectivity index (χ1v) is 8.02. The zero-order valence-corrected chi connectivity index (χ0v) is 13.3. The maximum absolute atomic E-state index is 11.5. The number of hydrogen-bond donors (Lipinski definition) is 2. The zero-order valence-electron chi connectivity index (χ0n) is 13.3. The number of H-pyrrole nitrogens is 1. The maximum Gasteiger partial charge on any atom is 0.309 e. The van der Waals surface area contributed by atoms with Crippen molar-refractivity contribution in [2.45, 2.75) is 45.6 Å². The van der Waals surface area contributed by atoms with Gasteiger partial charge in [0.2, 0.25) is 0 Å². The molecule has 0 fully saturated rings. The van der Waals surface area contributed by atoms with Crippen LogP contribution in [-0.4, -0.2) is 22.7 Å². The zero-order chi connectivity index (χ0) is 15.9. The van der Waals surface area contributed by atoms with Crippen LogP contribution >= 0.6 is 0 Å². The monoisotopic (exact) mass is 301 g/mol. The van der Waals surface area contributed by atoms with Crippen molar-refractivity contribution >= 4 is 16.9 Å². The summed E-state index contributed by atoms with van der Waals surface area (Å²) >= 11 is 0. The Morgan fingerprint density at radius 3 is 2.86 bits per heavy atom. The molecule has 1 aromatic heterocycles. The van der Waals surface area contributed by atoms with E-state index in [1.807, 2.05) is 6.92 Å². The van der Waals surface area contributed by atoms with Gasteiger partial charge in [-0.2, -0.15) is 0 Å². The molecule has 2 aromatic rings. The fourth-order valence-corrected chi connectivity index (χ4v) is 3.52.